The Morgan fingerprint density at radius 1 is 1.14 bits per heavy atom. The molecule has 0 bridgehead atoms. The van der Waals surface area contributed by atoms with Crippen molar-refractivity contribution in [1.82, 2.24) is 0 Å². The molecule has 0 saturated carbocycles. The van der Waals surface area contributed by atoms with Gasteiger partial charge in [-0.1, -0.05) is 35.9 Å². The predicted octanol–water partition coefficient (Wildman–Crippen LogP) is 2.39. The van der Waals surface area contributed by atoms with Gasteiger partial charge in [0.15, 0.2) is 0 Å². The van der Waals surface area contributed by atoms with Crippen LogP contribution in [0.1, 0.15) is 22.0 Å². The van der Waals surface area contributed by atoms with Crippen molar-refractivity contribution in [3.05, 3.63) is 57.8 Å². The van der Waals surface area contributed by atoms with Crippen LogP contribution in [-0.4, -0.2) is 0 Å². The molecule has 0 fully saturated rings. The summed E-state index contributed by atoms with van der Waals surface area (Å²) < 4.78 is 0. The maximum Gasteiger partial charge on any atom is 0.145 e. The maximum absolute atomic E-state index is 4.19. The summed E-state index contributed by atoms with van der Waals surface area (Å²) in [5.41, 5.74) is 6.78. The minimum atomic E-state index is 0.274. The minimum Gasteiger partial charge on any atom is -0.347 e. The monoisotopic (exact) mass is 204 g/mol. The van der Waals surface area contributed by atoms with Crippen molar-refractivity contribution in [3.63, 3.8) is 0 Å². The number of quaternary nitrogens is 1. The lowest BCUT2D eigenvalue weighted by Gasteiger charge is -2.06. The lowest BCUT2D eigenvalue weighted by atomic mass is 10.0. The van der Waals surface area contributed by atoms with Gasteiger partial charge in [0.05, 0.1) is 4.88 Å². The van der Waals surface area contributed by atoms with Gasteiger partial charge in [0.25, 0.3) is 0 Å². The Hall–Kier alpha value is -1.12. The molecule has 72 valence electrons. The summed E-state index contributed by atoms with van der Waals surface area (Å²) in [5, 5.41) is 2.10. The summed E-state index contributed by atoms with van der Waals surface area (Å²) in [6, 6.07) is 13.1. The number of rotatable bonds is 2. The number of benzene rings is 1. The quantitative estimate of drug-likeness (QED) is 0.778. The Bertz CT molecular complexity index is 389. The number of hydrogen-bond acceptors (Lipinski definition) is 1. The molecule has 14 heavy (non-hydrogen) atoms. The van der Waals surface area contributed by atoms with E-state index in [1.165, 1.54) is 16.0 Å². The van der Waals surface area contributed by atoms with Crippen molar-refractivity contribution in [2.45, 2.75) is 13.0 Å². The van der Waals surface area contributed by atoms with Gasteiger partial charge in [-0.15, -0.1) is 11.3 Å². The third-order valence-corrected chi connectivity index (χ3v) is 3.35. The molecular weight excluding hydrogens is 190 g/mol. The van der Waals surface area contributed by atoms with Crippen molar-refractivity contribution in [3.8, 4) is 0 Å². The molecule has 0 saturated heterocycles. The number of thiophene rings is 1. The van der Waals surface area contributed by atoms with E-state index in [9.17, 15) is 0 Å². The second-order valence-electron chi connectivity index (χ2n) is 3.48. The fraction of sp³-hybridized carbons (Fsp3) is 0.167. The highest BCUT2D eigenvalue weighted by molar-refractivity contribution is 7.10. The lowest BCUT2D eigenvalue weighted by molar-refractivity contribution is -0.410. The smallest absolute Gasteiger partial charge is 0.145 e. The molecular formula is C12H14NS+. The molecule has 1 aromatic carbocycles. The first-order valence-electron chi connectivity index (χ1n) is 4.70. The van der Waals surface area contributed by atoms with Crippen LogP contribution in [0.15, 0.2) is 41.8 Å². The van der Waals surface area contributed by atoms with Crippen molar-refractivity contribution < 1.29 is 5.73 Å². The molecule has 0 aliphatic rings. The lowest BCUT2D eigenvalue weighted by Crippen LogP contribution is -2.53. The number of hydrogen-bond donors (Lipinski definition) is 1. The van der Waals surface area contributed by atoms with Gasteiger partial charge in [0.1, 0.15) is 6.04 Å². The van der Waals surface area contributed by atoms with Crippen LogP contribution >= 0.6 is 11.3 Å². The molecule has 0 spiro atoms. The van der Waals surface area contributed by atoms with Crippen LogP contribution in [0.2, 0.25) is 0 Å². The molecule has 2 heteroatoms. The first-order chi connectivity index (χ1) is 6.77. The van der Waals surface area contributed by atoms with Gasteiger partial charge >= 0.3 is 0 Å². The van der Waals surface area contributed by atoms with Crippen molar-refractivity contribution in [1.29, 1.82) is 0 Å². The Morgan fingerprint density at radius 2 is 1.86 bits per heavy atom. The van der Waals surface area contributed by atoms with Crippen LogP contribution in [-0.2, 0) is 0 Å². The molecule has 0 aliphatic heterocycles. The zero-order chi connectivity index (χ0) is 9.97. The van der Waals surface area contributed by atoms with E-state index in [0.29, 0.717) is 0 Å². The van der Waals surface area contributed by atoms with Gasteiger partial charge in [0, 0.05) is 5.56 Å². The van der Waals surface area contributed by atoms with E-state index in [-0.39, 0.29) is 6.04 Å². The highest BCUT2D eigenvalue weighted by Gasteiger charge is 2.12. The van der Waals surface area contributed by atoms with Crippen LogP contribution in [0.5, 0.6) is 0 Å². The second-order valence-corrected chi connectivity index (χ2v) is 4.46. The zero-order valence-corrected chi connectivity index (χ0v) is 9.05. The van der Waals surface area contributed by atoms with E-state index in [0.717, 1.165) is 0 Å². The predicted molar refractivity (Wildman–Crippen MR) is 60.2 cm³/mol. The third-order valence-electron chi connectivity index (χ3n) is 2.37. The molecule has 3 N–H and O–H groups in total. The Kier molecular flexibility index (Phi) is 2.66. The van der Waals surface area contributed by atoms with Crippen LogP contribution in [0.4, 0.5) is 0 Å². The molecule has 0 aliphatic carbocycles. The Labute approximate surface area is 88.2 Å². The van der Waals surface area contributed by atoms with Gasteiger partial charge < -0.3 is 5.73 Å². The van der Waals surface area contributed by atoms with Crippen LogP contribution in [0.3, 0.4) is 0 Å². The van der Waals surface area contributed by atoms with Crippen LogP contribution in [0, 0.1) is 6.92 Å². The van der Waals surface area contributed by atoms with Crippen molar-refractivity contribution in [2.75, 3.05) is 0 Å². The Balaban J connectivity index is 2.28. The fourth-order valence-corrected chi connectivity index (χ4v) is 2.22. The van der Waals surface area contributed by atoms with Gasteiger partial charge in [-0.25, -0.2) is 0 Å². The Morgan fingerprint density at radius 3 is 2.43 bits per heavy atom. The molecule has 0 amide bonds. The van der Waals surface area contributed by atoms with E-state index in [4.69, 9.17) is 0 Å². The van der Waals surface area contributed by atoms with E-state index in [1.54, 1.807) is 11.3 Å². The fourth-order valence-electron chi connectivity index (χ4n) is 1.45. The first kappa shape index (κ1) is 9.44. The van der Waals surface area contributed by atoms with Crippen molar-refractivity contribution in [2.24, 2.45) is 0 Å². The summed E-state index contributed by atoms with van der Waals surface area (Å²) in [4.78, 5) is 1.33. The average Bonchev–Trinajstić information content (AvgIpc) is 2.71. The molecule has 1 aromatic heterocycles. The highest BCUT2D eigenvalue weighted by atomic mass is 32.1. The summed E-state index contributed by atoms with van der Waals surface area (Å²) in [7, 11) is 0. The standard InChI is InChI=1S/C12H13NS/c1-9-4-6-10(7-5-9)12(13)11-3-2-8-14-11/h2-8,12H,13H2,1H3/p+1/t12-/m0/s1. The molecule has 1 nitrogen and oxygen atoms in total. The van der Waals surface area contributed by atoms with Gasteiger partial charge in [-0.05, 0) is 18.4 Å². The summed E-state index contributed by atoms with van der Waals surface area (Å²) in [5.74, 6) is 0. The van der Waals surface area contributed by atoms with Gasteiger partial charge in [-0.2, -0.15) is 0 Å². The summed E-state index contributed by atoms with van der Waals surface area (Å²) in [6.45, 7) is 2.10. The van der Waals surface area contributed by atoms with Gasteiger partial charge in [0.2, 0.25) is 0 Å². The largest absolute Gasteiger partial charge is 0.347 e. The average molecular weight is 204 g/mol. The van der Waals surface area contributed by atoms with Gasteiger partial charge in [-0.3, -0.25) is 0 Å². The van der Waals surface area contributed by atoms with E-state index in [2.05, 4.69) is 54.4 Å². The van der Waals surface area contributed by atoms with E-state index < -0.39 is 0 Å². The molecule has 0 unspecified atom stereocenters. The first-order valence-corrected chi connectivity index (χ1v) is 5.58. The van der Waals surface area contributed by atoms with Crippen molar-refractivity contribution >= 4 is 11.3 Å². The topological polar surface area (TPSA) is 27.6 Å². The van der Waals surface area contributed by atoms with Crippen LogP contribution in [0.25, 0.3) is 0 Å². The second kappa shape index (κ2) is 3.95. The summed E-state index contributed by atoms with van der Waals surface area (Å²) >= 11 is 1.77. The van der Waals surface area contributed by atoms with Crippen LogP contribution < -0.4 is 5.73 Å². The summed E-state index contributed by atoms with van der Waals surface area (Å²) in [6.07, 6.45) is 0. The molecule has 1 atom stereocenters. The molecule has 2 aromatic rings. The SMILES string of the molecule is Cc1ccc([C@H]([NH3+])c2cccs2)cc1. The number of aryl methyl sites for hydroxylation is 1. The third kappa shape index (κ3) is 1.86. The minimum absolute atomic E-state index is 0.274. The molecule has 1 heterocycles. The maximum atomic E-state index is 4.19. The highest BCUT2D eigenvalue weighted by Crippen LogP contribution is 2.22. The van der Waals surface area contributed by atoms with E-state index in [1.807, 2.05) is 0 Å². The molecule has 2 rings (SSSR count). The normalized spacial score (nSPS) is 12.7. The molecule has 0 radical (unpaired) electrons. The van der Waals surface area contributed by atoms with E-state index >= 15 is 0 Å². The zero-order valence-electron chi connectivity index (χ0n) is 8.23.